The summed E-state index contributed by atoms with van der Waals surface area (Å²) in [6, 6.07) is 18.6. The fraction of sp³-hybridized carbons (Fsp3) is 0.130. The van der Waals surface area contributed by atoms with Gasteiger partial charge in [-0.15, -0.1) is 0 Å². The number of benzene rings is 3. The standard InChI is InChI=1S/C23H19N3O5S/c1-30-18-12-13-19(31-2)21-20(18)24-23(32-21)25(14-15-6-4-3-5-7-15)22(27)16-8-10-17(11-9-16)26(28)29/h3-13H,14H2,1-2H3. The molecule has 9 heteroatoms. The summed E-state index contributed by atoms with van der Waals surface area (Å²) in [5.41, 5.74) is 1.76. The molecule has 1 amide bonds. The van der Waals surface area contributed by atoms with Crippen molar-refractivity contribution < 1.29 is 19.2 Å². The van der Waals surface area contributed by atoms with Gasteiger partial charge in [0.1, 0.15) is 21.7 Å². The highest BCUT2D eigenvalue weighted by atomic mass is 32.1. The number of amides is 1. The molecule has 0 aliphatic heterocycles. The van der Waals surface area contributed by atoms with Crippen LogP contribution in [0.25, 0.3) is 10.2 Å². The number of carbonyl (C=O) groups is 1. The molecule has 0 atom stereocenters. The lowest BCUT2D eigenvalue weighted by Gasteiger charge is -2.20. The molecule has 8 nitrogen and oxygen atoms in total. The Morgan fingerprint density at radius 2 is 1.66 bits per heavy atom. The Bertz CT molecular complexity index is 1230. The van der Waals surface area contributed by atoms with E-state index >= 15 is 0 Å². The molecule has 0 bridgehead atoms. The zero-order valence-electron chi connectivity index (χ0n) is 17.3. The predicted molar refractivity (Wildman–Crippen MR) is 123 cm³/mol. The third-order valence-corrected chi connectivity index (χ3v) is 5.98. The van der Waals surface area contributed by atoms with Crippen LogP contribution in [0.15, 0.2) is 66.7 Å². The van der Waals surface area contributed by atoms with Crippen molar-refractivity contribution in [3.63, 3.8) is 0 Å². The van der Waals surface area contributed by atoms with E-state index < -0.39 is 4.92 Å². The van der Waals surface area contributed by atoms with Crippen molar-refractivity contribution in [2.45, 2.75) is 6.54 Å². The molecule has 0 radical (unpaired) electrons. The lowest BCUT2D eigenvalue weighted by Crippen LogP contribution is -2.30. The summed E-state index contributed by atoms with van der Waals surface area (Å²) in [6.45, 7) is 0.279. The summed E-state index contributed by atoms with van der Waals surface area (Å²) < 4.78 is 11.7. The number of rotatable bonds is 7. The fourth-order valence-electron chi connectivity index (χ4n) is 3.26. The van der Waals surface area contributed by atoms with E-state index in [2.05, 4.69) is 0 Å². The average Bonchev–Trinajstić information content (AvgIpc) is 3.27. The largest absolute Gasteiger partial charge is 0.495 e. The number of anilines is 1. The average molecular weight is 449 g/mol. The van der Waals surface area contributed by atoms with Gasteiger partial charge >= 0.3 is 0 Å². The molecule has 0 unspecified atom stereocenters. The molecular weight excluding hydrogens is 430 g/mol. The Morgan fingerprint density at radius 1 is 1.00 bits per heavy atom. The van der Waals surface area contributed by atoms with E-state index in [4.69, 9.17) is 14.5 Å². The van der Waals surface area contributed by atoms with E-state index in [-0.39, 0.29) is 18.1 Å². The molecule has 1 aromatic heterocycles. The van der Waals surface area contributed by atoms with E-state index in [0.717, 1.165) is 10.3 Å². The molecule has 3 aromatic carbocycles. The smallest absolute Gasteiger partial charge is 0.269 e. The topological polar surface area (TPSA) is 94.8 Å². The first-order chi connectivity index (χ1) is 15.5. The third kappa shape index (κ3) is 4.10. The Morgan fingerprint density at radius 3 is 2.28 bits per heavy atom. The molecule has 0 aliphatic carbocycles. The number of hydrogen-bond acceptors (Lipinski definition) is 7. The van der Waals surface area contributed by atoms with Gasteiger partial charge in [0.2, 0.25) is 0 Å². The first-order valence-corrected chi connectivity index (χ1v) is 10.4. The lowest BCUT2D eigenvalue weighted by molar-refractivity contribution is -0.384. The number of nitro groups is 1. The van der Waals surface area contributed by atoms with Gasteiger partial charge in [0, 0.05) is 17.7 Å². The van der Waals surface area contributed by atoms with Crippen molar-refractivity contribution in [1.82, 2.24) is 4.98 Å². The normalized spacial score (nSPS) is 10.7. The van der Waals surface area contributed by atoms with Crippen molar-refractivity contribution >= 4 is 38.3 Å². The van der Waals surface area contributed by atoms with Crippen LogP contribution >= 0.6 is 11.3 Å². The zero-order valence-corrected chi connectivity index (χ0v) is 18.2. The maximum absolute atomic E-state index is 13.5. The first kappa shape index (κ1) is 21.3. The van der Waals surface area contributed by atoms with Crippen LogP contribution in [-0.4, -0.2) is 30.0 Å². The second-order valence-corrected chi connectivity index (χ2v) is 7.80. The van der Waals surface area contributed by atoms with Gasteiger partial charge in [0.25, 0.3) is 11.6 Å². The van der Waals surface area contributed by atoms with Crippen molar-refractivity contribution in [3.05, 3.63) is 88.0 Å². The van der Waals surface area contributed by atoms with Crippen molar-refractivity contribution in [1.29, 1.82) is 0 Å². The van der Waals surface area contributed by atoms with Crippen LogP contribution in [0.5, 0.6) is 11.5 Å². The van der Waals surface area contributed by atoms with Gasteiger partial charge in [-0.1, -0.05) is 41.7 Å². The molecule has 0 saturated carbocycles. The second-order valence-electron chi connectivity index (χ2n) is 6.83. The van der Waals surface area contributed by atoms with E-state index in [1.54, 1.807) is 31.3 Å². The maximum Gasteiger partial charge on any atom is 0.269 e. The minimum atomic E-state index is -0.498. The van der Waals surface area contributed by atoms with Crippen molar-refractivity contribution in [3.8, 4) is 11.5 Å². The van der Waals surface area contributed by atoms with Crippen LogP contribution < -0.4 is 14.4 Å². The minimum absolute atomic E-state index is 0.0781. The number of fused-ring (bicyclic) bond motifs is 1. The zero-order chi connectivity index (χ0) is 22.7. The third-order valence-electron chi connectivity index (χ3n) is 4.88. The SMILES string of the molecule is COc1ccc(OC)c2sc(N(Cc3ccccc3)C(=O)c3ccc([N+](=O)[O-])cc3)nc12. The number of aromatic nitrogens is 1. The number of thiazole rings is 1. The van der Waals surface area contributed by atoms with E-state index in [9.17, 15) is 14.9 Å². The molecule has 4 aromatic rings. The first-order valence-electron chi connectivity index (χ1n) is 9.63. The Hall–Kier alpha value is -3.98. The van der Waals surface area contributed by atoms with Gasteiger partial charge in [-0.2, -0.15) is 0 Å². The van der Waals surface area contributed by atoms with E-state index in [1.807, 2.05) is 30.3 Å². The number of methoxy groups -OCH3 is 2. The molecule has 0 aliphatic rings. The monoisotopic (exact) mass is 449 g/mol. The van der Waals surface area contributed by atoms with Crippen LogP contribution in [0.2, 0.25) is 0 Å². The van der Waals surface area contributed by atoms with Crippen LogP contribution in [-0.2, 0) is 6.54 Å². The van der Waals surface area contributed by atoms with Gasteiger partial charge in [0.15, 0.2) is 5.13 Å². The molecule has 1 heterocycles. The maximum atomic E-state index is 13.5. The fourth-order valence-corrected chi connectivity index (χ4v) is 4.34. The molecule has 162 valence electrons. The Balaban J connectivity index is 1.80. The van der Waals surface area contributed by atoms with E-state index in [1.165, 1.54) is 35.6 Å². The highest BCUT2D eigenvalue weighted by Gasteiger charge is 2.24. The summed E-state index contributed by atoms with van der Waals surface area (Å²) in [5.74, 6) is 0.887. The van der Waals surface area contributed by atoms with Crippen LogP contribution in [0.4, 0.5) is 10.8 Å². The number of carbonyl (C=O) groups excluding carboxylic acids is 1. The molecule has 32 heavy (non-hydrogen) atoms. The van der Waals surface area contributed by atoms with Crippen LogP contribution in [0.1, 0.15) is 15.9 Å². The Kier molecular flexibility index (Phi) is 6.00. The number of nitrogens with zero attached hydrogens (tertiary/aromatic N) is 3. The quantitative estimate of drug-likeness (QED) is 0.289. The van der Waals surface area contributed by atoms with Crippen LogP contribution in [0, 0.1) is 10.1 Å². The van der Waals surface area contributed by atoms with Crippen molar-refractivity contribution in [2.24, 2.45) is 0 Å². The molecule has 0 spiro atoms. The highest BCUT2D eigenvalue weighted by molar-refractivity contribution is 7.22. The molecule has 4 rings (SSSR count). The summed E-state index contributed by atoms with van der Waals surface area (Å²) in [5, 5.41) is 11.4. The molecule has 0 saturated heterocycles. The summed E-state index contributed by atoms with van der Waals surface area (Å²) in [6.07, 6.45) is 0. The van der Waals surface area contributed by atoms with Gasteiger partial charge < -0.3 is 9.47 Å². The predicted octanol–water partition coefficient (Wildman–Crippen LogP) is 5.07. The molecule has 0 N–H and O–H groups in total. The second kappa shape index (κ2) is 9.03. The summed E-state index contributed by atoms with van der Waals surface area (Å²) in [7, 11) is 3.13. The summed E-state index contributed by atoms with van der Waals surface area (Å²) >= 11 is 1.32. The van der Waals surface area contributed by atoms with Gasteiger partial charge in [-0.3, -0.25) is 19.8 Å². The number of nitro benzene ring substituents is 1. The summed E-state index contributed by atoms with van der Waals surface area (Å²) in [4.78, 5) is 30.2. The van der Waals surface area contributed by atoms with E-state index in [0.29, 0.717) is 27.7 Å². The van der Waals surface area contributed by atoms with Crippen molar-refractivity contribution in [2.75, 3.05) is 19.1 Å². The number of hydrogen-bond donors (Lipinski definition) is 0. The lowest BCUT2D eigenvalue weighted by atomic mass is 10.1. The highest BCUT2D eigenvalue weighted by Crippen LogP contribution is 2.40. The van der Waals surface area contributed by atoms with Gasteiger partial charge in [0.05, 0.1) is 25.7 Å². The Labute approximate surface area is 187 Å². The molecular formula is C23H19N3O5S. The number of ether oxygens (including phenoxy) is 2. The van der Waals surface area contributed by atoms with Crippen LogP contribution in [0.3, 0.4) is 0 Å². The van der Waals surface area contributed by atoms with Gasteiger partial charge in [-0.05, 0) is 29.8 Å². The minimum Gasteiger partial charge on any atom is -0.495 e. The number of non-ortho nitro benzene ring substituents is 1. The van der Waals surface area contributed by atoms with Gasteiger partial charge in [-0.25, -0.2) is 4.98 Å². The molecule has 0 fully saturated rings.